The van der Waals surface area contributed by atoms with Crippen molar-refractivity contribution in [1.29, 1.82) is 0 Å². The van der Waals surface area contributed by atoms with Gasteiger partial charge in [0.2, 0.25) is 5.91 Å². The van der Waals surface area contributed by atoms with E-state index in [4.69, 9.17) is 23.2 Å². The number of anilines is 1. The number of carbonyl (C=O) groups is 2. The van der Waals surface area contributed by atoms with Crippen molar-refractivity contribution in [2.75, 3.05) is 5.01 Å². The van der Waals surface area contributed by atoms with Crippen molar-refractivity contribution in [3.8, 4) is 0 Å². The van der Waals surface area contributed by atoms with Crippen molar-refractivity contribution >= 4 is 46.5 Å². The molecular formula is C16H13Cl2N5O2. The molecule has 2 aromatic rings. The zero-order valence-corrected chi connectivity index (χ0v) is 14.6. The van der Waals surface area contributed by atoms with E-state index in [2.05, 4.69) is 22.1 Å². The highest BCUT2D eigenvalue weighted by Gasteiger charge is 2.40. The molecule has 1 atom stereocenters. The topological polar surface area (TPSA) is 79.6 Å². The molecule has 0 fully saturated rings. The second kappa shape index (κ2) is 6.70. The van der Waals surface area contributed by atoms with E-state index >= 15 is 0 Å². The number of nitrogens with one attached hydrogen (secondary N) is 1. The molecule has 0 saturated carbocycles. The first-order valence-corrected chi connectivity index (χ1v) is 7.98. The highest BCUT2D eigenvalue weighted by atomic mass is 35.5. The Kier molecular flexibility index (Phi) is 4.61. The minimum atomic E-state index is -0.938. The van der Waals surface area contributed by atoms with E-state index in [0.717, 1.165) is 16.6 Å². The van der Waals surface area contributed by atoms with E-state index in [1.54, 1.807) is 24.4 Å². The van der Waals surface area contributed by atoms with Crippen molar-refractivity contribution in [2.24, 2.45) is 5.10 Å². The van der Waals surface area contributed by atoms with Crippen LogP contribution in [0.1, 0.15) is 11.6 Å². The molecule has 0 aliphatic carbocycles. The van der Waals surface area contributed by atoms with Gasteiger partial charge in [0.15, 0.2) is 11.9 Å². The predicted octanol–water partition coefficient (Wildman–Crippen LogP) is 2.70. The number of halogens is 2. The van der Waals surface area contributed by atoms with Crippen molar-refractivity contribution in [1.82, 2.24) is 15.1 Å². The van der Waals surface area contributed by atoms with E-state index in [1.807, 2.05) is 6.92 Å². The fourth-order valence-corrected chi connectivity index (χ4v) is 3.20. The summed E-state index contributed by atoms with van der Waals surface area (Å²) in [6.45, 7) is 5.23. The Morgan fingerprint density at radius 2 is 2.04 bits per heavy atom. The standard InChI is InChI=1S/C16H13Cl2N5O2/c1-3-12(24)20-15-14(22-6-4-5-19-22)16(25)23(21-15)13-10(17)7-9(2)8-11(13)18/h3-8,14H,1H2,2H3,(H,20,21,24). The van der Waals surface area contributed by atoms with Gasteiger partial charge in [-0.05, 0) is 36.8 Å². The lowest BCUT2D eigenvalue weighted by atomic mass is 10.2. The van der Waals surface area contributed by atoms with Gasteiger partial charge in [-0.15, -0.1) is 5.10 Å². The molecule has 7 nitrogen and oxygen atoms in total. The SMILES string of the molecule is C=CC(=O)NC1=NN(c2c(Cl)cc(C)cc2Cl)C(=O)C1n1cccn1. The van der Waals surface area contributed by atoms with Crippen LogP contribution in [0.2, 0.25) is 10.0 Å². The lowest BCUT2D eigenvalue weighted by molar-refractivity contribution is -0.119. The number of aromatic nitrogens is 2. The molecule has 3 rings (SSSR count). The molecule has 2 amide bonds. The van der Waals surface area contributed by atoms with E-state index in [-0.39, 0.29) is 21.6 Å². The van der Waals surface area contributed by atoms with Crippen LogP contribution in [0.3, 0.4) is 0 Å². The summed E-state index contributed by atoms with van der Waals surface area (Å²) in [6, 6.07) is 4.07. The molecule has 1 aliphatic rings. The van der Waals surface area contributed by atoms with Gasteiger partial charge in [-0.25, -0.2) is 0 Å². The average molecular weight is 378 g/mol. The summed E-state index contributed by atoms with van der Waals surface area (Å²) in [5.74, 6) is -0.839. The Morgan fingerprint density at radius 1 is 1.36 bits per heavy atom. The quantitative estimate of drug-likeness (QED) is 0.835. The second-order valence-electron chi connectivity index (χ2n) is 5.29. The molecule has 25 heavy (non-hydrogen) atoms. The molecule has 1 aliphatic heterocycles. The molecule has 0 saturated heterocycles. The van der Waals surface area contributed by atoms with Crippen LogP contribution in [0.4, 0.5) is 5.69 Å². The van der Waals surface area contributed by atoms with Gasteiger partial charge < -0.3 is 5.32 Å². The average Bonchev–Trinajstić information content (AvgIpc) is 3.15. The van der Waals surface area contributed by atoms with Crippen LogP contribution < -0.4 is 10.3 Å². The molecule has 0 spiro atoms. The van der Waals surface area contributed by atoms with Crippen LogP contribution in [0, 0.1) is 6.92 Å². The zero-order chi connectivity index (χ0) is 18.1. The maximum Gasteiger partial charge on any atom is 0.280 e. The molecule has 2 heterocycles. The van der Waals surface area contributed by atoms with E-state index < -0.39 is 17.9 Å². The first-order valence-electron chi connectivity index (χ1n) is 7.23. The third-order valence-corrected chi connectivity index (χ3v) is 4.08. The van der Waals surface area contributed by atoms with Crippen LogP contribution in [-0.4, -0.2) is 27.4 Å². The summed E-state index contributed by atoms with van der Waals surface area (Å²) in [5, 5.41) is 12.4. The number of carbonyl (C=O) groups excluding carboxylic acids is 2. The first-order chi connectivity index (χ1) is 11.9. The largest absolute Gasteiger partial charge is 0.307 e. The molecule has 1 aromatic heterocycles. The van der Waals surface area contributed by atoms with Gasteiger partial charge in [0.05, 0.1) is 10.0 Å². The Balaban J connectivity index is 2.08. The molecule has 1 aromatic carbocycles. The molecule has 9 heteroatoms. The third-order valence-electron chi connectivity index (χ3n) is 3.51. The maximum atomic E-state index is 12.9. The van der Waals surface area contributed by atoms with Gasteiger partial charge in [0.1, 0.15) is 5.69 Å². The van der Waals surface area contributed by atoms with E-state index in [0.29, 0.717) is 0 Å². The smallest absolute Gasteiger partial charge is 0.280 e. The van der Waals surface area contributed by atoms with Gasteiger partial charge in [-0.1, -0.05) is 29.8 Å². The van der Waals surface area contributed by atoms with E-state index in [1.165, 1.54) is 10.9 Å². The first kappa shape index (κ1) is 17.2. The molecular weight excluding hydrogens is 365 g/mol. The minimum absolute atomic E-state index is 0.103. The molecule has 0 bridgehead atoms. The lowest BCUT2D eigenvalue weighted by Crippen LogP contribution is -2.37. The van der Waals surface area contributed by atoms with Crippen molar-refractivity contribution in [2.45, 2.75) is 13.0 Å². The molecule has 0 radical (unpaired) electrons. The fourth-order valence-electron chi connectivity index (χ4n) is 2.44. The Hall–Kier alpha value is -2.64. The number of hydrogen-bond donors (Lipinski definition) is 1. The Labute approximate surface area is 153 Å². The van der Waals surface area contributed by atoms with Crippen LogP contribution >= 0.6 is 23.2 Å². The summed E-state index contributed by atoms with van der Waals surface area (Å²) >= 11 is 12.5. The van der Waals surface area contributed by atoms with E-state index in [9.17, 15) is 9.59 Å². The lowest BCUT2D eigenvalue weighted by Gasteiger charge is -2.17. The van der Waals surface area contributed by atoms with Crippen LogP contribution in [0.5, 0.6) is 0 Å². The number of aryl methyl sites for hydroxylation is 1. The highest BCUT2D eigenvalue weighted by molar-refractivity contribution is 6.40. The normalized spacial score (nSPS) is 16.8. The third kappa shape index (κ3) is 3.16. The summed E-state index contributed by atoms with van der Waals surface area (Å²) in [6.07, 6.45) is 4.20. The summed E-state index contributed by atoms with van der Waals surface area (Å²) in [4.78, 5) is 24.6. The Bertz CT molecular complexity index is 869. The van der Waals surface area contributed by atoms with Crippen molar-refractivity contribution < 1.29 is 9.59 Å². The second-order valence-corrected chi connectivity index (χ2v) is 6.11. The van der Waals surface area contributed by atoms with Gasteiger partial charge >= 0.3 is 0 Å². The van der Waals surface area contributed by atoms with Crippen LogP contribution in [-0.2, 0) is 9.59 Å². The van der Waals surface area contributed by atoms with Crippen molar-refractivity contribution in [3.63, 3.8) is 0 Å². The predicted molar refractivity (Wildman–Crippen MR) is 95.7 cm³/mol. The van der Waals surface area contributed by atoms with Gasteiger partial charge in [-0.2, -0.15) is 10.1 Å². The number of amides is 2. The van der Waals surface area contributed by atoms with Gasteiger partial charge in [0, 0.05) is 12.4 Å². The summed E-state index contributed by atoms with van der Waals surface area (Å²) in [7, 11) is 0. The number of hydrogen-bond acceptors (Lipinski definition) is 4. The summed E-state index contributed by atoms with van der Waals surface area (Å²) in [5.41, 5.74) is 1.09. The highest BCUT2D eigenvalue weighted by Crippen LogP contribution is 2.38. The van der Waals surface area contributed by atoms with Gasteiger partial charge in [0.25, 0.3) is 5.91 Å². The van der Waals surface area contributed by atoms with Crippen LogP contribution in [0.15, 0.2) is 48.3 Å². The molecule has 1 unspecified atom stereocenters. The van der Waals surface area contributed by atoms with Gasteiger partial charge in [-0.3, -0.25) is 14.3 Å². The van der Waals surface area contributed by atoms with Crippen LogP contribution in [0.25, 0.3) is 0 Å². The fraction of sp³-hybridized carbons (Fsp3) is 0.125. The number of rotatable bonds is 3. The number of amidine groups is 1. The minimum Gasteiger partial charge on any atom is -0.307 e. The Morgan fingerprint density at radius 3 is 2.60 bits per heavy atom. The zero-order valence-electron chi connectivity index (χ0n) is 13.1. The summed E-state index contributed by atoms with van der Waals surface area (Å²) < 4.78 is 1.39. The maximum absolute atomic E-state index is 12.9. The molecule has 1 N–H and O–H groups in total. The number of nitrogens with zero attached hydrogens (tertiary/aromatic N) is 4. The van der Waals surface area contributed by atoms with Crippen molar-refractivity contribution in [3.05, 3.63) is 58.9 Å². The molecule has 128 valence electrons. The number of hydrazone groups is 1. The number of benzene rings is 1. The monoisotopic (exact) mass is 377 g/mol.